The summed E-state index contributed by atoms with van der Waals surface area (Å²) in [4.78, 5) is 0. The molecule has 0 amide bonds. The van der Waals surface area contributed by atoms with Crippen molar-refractivity contribution >= 4 is 7.92 Å². The Morgan fingerprint density at radius 2 is 1.90 bits per heavy atom. The molecule has 1 heterocycles. The highest BCUT2D eigenvalue weighted by Gasteiger charge is 2.32. The third kappa shape index (κ3) is 1.72. The van der Waals surface area contributed by atoms with Gasteiger partial charge in [0.05, 0.1) is 0 Å². The van der Waals surface area contributed by atoms with E-state index in [9.17, 15) is 0 Å². The van der Waals surface area contributed by atoms with Crippen molar-refractivity contribution in [3.63, 3.8) is 0 Å². The highest BCUT2D eigenvalue weighted by atomic mass is 31.1. The average molecular weight is 158 g/mol. The Morgan fingerprint density at radius 1 is 1.30 bits per heavy atom. The normalized spacial score (nSPS) is 34.8. The van der Waals surface area contributed by atoms with Gasteiger partial charge >= 0.3 is 0 Å². The van der Waals surface area contributed by atoms with Crippen LogP contribution < -0.4 is 0 Å². The van der Waals surface area contributed by atoms with Crippen molar-refractivity contribution in [3.05, 3.63) is 0 Å². The second-order valence-electron chi connectivity index (χ2n) is 4.50. The second kappa shape index (κ2) is 2.81. The molecule has 10 heavy (non-hydrogen) atoms. The van der Waals surface area contributed by atoms with Crippen LogP contribution in [0.3, 0.4) is 0 Å². The number of hydrogen-bond acceptors (Lipinski definition) is 0. The van der Waals surface area contributed by atoms with Gasteiger partial charge in [-0.1, -0.05) is 20.8 Å². The first-order valence-corrected chi connectivity index (χ1v) is 6.26. The van der Waals surface area contributed by atoms with E-state index in [0.717, 1.165) is 5.66 Å². The first-order chi connectivity index (χ1) is 4.52. The van der Waals surface area contributed by atoms with Crippen LogP contribution in [0, 0.1) is 5.41 Å². The maximum atomic E-state index is 2.47. The van der Waals surface area contributed by atoms with Crippen molar-refractivity contribution < 1.29 is 0 Å². The molecule has 0 aromatic carbocycles. The lowest BCUT2D eigenvalue weighted by atomic mass is 9.89. The van der Waals surface area contributed by atoms with Gasteiger partial charge in [-0.2, -0.15) is 0 Å². The summed E-state index contributed by atoms with van der Waals surface area (Å²) in [6, 6.07) is 0. The summed E-state index contributed by atoms with van der Waals surface area (Å²) in [6.45, 7) is 9.64. The van der Waals surface area contributed by atoms with E-state index in [1.165, 1.54) is 19.0 Å². The molecule has 0 aliphatic carbocycles. The lowest BCUT2D eigenvalue weighted by Crippen LogP contribution is -2.21. The number of rotatable bonds is 0. The molecule has 0 aromatic heterocycles. The van der Waals surface area contributed by atoms with E-state index in [1.54, 1.807) is 0 Å². The summed E-state index contributed by atoms with van der Waals surface area (Å²) in [5.74, 6) is 0. The molecule has 1 fully saturated rings. The predicted molar refractivity (Wildman–Crippen MR) is 50.2 cm³/mol. The van der Waals surface area contributed by atoms with Crippen LogP contribution in [0.2, 0.25) is 0 Å². The lowest BCUT2D eigenvalue weighted by Gasteiger charge is -2.30. The highest BCUT2D eigenvalue weighted by Crippen LogP contribution is 2.53. The zero-order chi connectivity index (χ0) is 7.78. The monoisotopic (exact) mass is 158 g/mol. The Morgan fingerprint density at radius 3 is 2.10 bits per heavy atom. The van der Waals surface area contributed by atoms with E-state index in [2.05, 4.69) is 27.4 Å². The first-order valence-electron chi connectivity index (χ1n) is 4.22. The Kier molecular flexibility index (Phi) is 2.40. The second-order valence-corrected chi connectivity index (χ2v) is 7.09. The standard InChI is InChI=1S/C9H19P/c1-9(2,3)8-6-5-7-10(8)4/h8H,5-7H2,1-4H3. The van der Waals surface area contributed by atoms with Crippen molar-refractivity contribution in [3.8, 4) is 0 Å². The summed E-state index contributed by atoms with van der Waals surface area (Å²) < 4.78 is 0. The quantitative estimate of drug-likeness (QED) is 0.474. The minimum Gasteiger partial charge on any atom is -0.106 e. The van der Waals surface area contributed by atoms with Crippen LogP contribution in [0.4, 0.5) is 0 Å². The summed E-state index contributed by atoms with van der Waals surface area (Å²) in [5.41, 5.74) is 1.62. The van der Waals surface area contributed by atoms with Gasteiger partial charge in [-0.05, 0) is 36.7 Å². The molecule has 1 aliphatic heterocycles. The van der Waals surface area contributed by atoms with Crippen LogP contribution >= 0.6 is 7.92 Å². The van der Waals surface area contributed by atoms with E-state index < -0.39 is 0 Å². The molecule has 0 saturated carbocycles. The van der Waals surface area contributed by atoms with Gasteiger partial charge in [-0.15, -0.1) is 7.92 Å². The van der Waals surface area contributed by atoms with Gasteiger partial charge in [0.15, 0.2) is 0 Å². The fourth-order valence-electron chi connectivity index (χ4n) is 2.00. The van der Waals surface area contributed by atoms with E-state index in [-0.39, 0.29) is 0 Å². The molecule has 0 bridgehead atoms. The summed E-state index contributed by atoms with van der Waals surface area (Å²) >= 11 is 0. The minimum absolute atomic E-state index is 0.383. The fourth-order valence-corrected chi connectivity index (χ4v) is 4.94. The Labute approximate surface area is 66.2 Å². The van der Waals surface area contributed by atoms with Crippen LogP contribution in [-0.4, -0.2) is 18.5 Å². The summed E-state index contributed by atoms with van der Waals surface area (Å²) in [5, 5.41) is 0. The molecule has 2 unspecified atom stereocenters. The van der Waals surface area contributed by atoms with Gasteiger partial charge in [-0.25, -0.2) is 0 Å². The van der Waals surface area contributed by atoms with Gasteiger partial charge in [-0.3, -0.25) is 0 Å². The molecule has 2 atom stereocenters. The van der Waals surface area contributed by atoms with Gasteiger partial charge in [0.1, 0.15) is 0 Å². The van der Waals surface area contributed by atoms with Crippen molar-refractivity contribution in [2.24, 2.45) is 5.41 Å². The molecule has 1 saturated heterocycles. The van der Waals surface area contributed by atoms with E-state index in [0.29, 0.717) is 13.3 Å². The summed E-state index contributed by atoms with van der Waals surface area (Å²) in [6.07, 6.45) is 4.51. The van der Waals surface area contributed by atoms with Gasteiger partial charge < -0.3 is 0 Å². The van der Waals surface area contributed by atoms with Gasteiger partial charge in [0, 0.05) is 0 Å². The molecule has 0 nitrogen and oxygen atoms in total. The van der Waals surface area contributed by atoms with Crippen LogP contribution in [0.5, 0.6) is 0 Å². The molecular formula is C9H19P. The van der Waals surface area contributed by atoms with Gasteiger partial charge in [0.2, 0.25) is 0 Å². The molecule has 0 N–H and O–H groups in total. The predicted octanol–water partition coefficient (Wildman–Crippen LogP) is 3.31. The van der Waals surface area contributed by atoms with Crippen molar-refractivity contribution in [2.75, 3.05) is 12.8 Å². The van der Waals surface area contributed by atoms with Crippen LogP contribution in [0.1, 0.15) is 33.6 Å². The maximum Gasteiger partial charge on any atom is -0.0163 e. The van der Waals surface area contributed by atoms with Crippen LogP contribution in [-0.2, 0) is 0 Å². The zero-order valence-corrected chi connectivity index (χ0v) is 8.54. The maximum absolute atomic E-state index is 2.47. The Bertz CT molecular complexity index is 112. The van der Waals surface area contributed by atoms with Crippen molar-refractivity contribution in [1.82, 2.24) is 0 Å². The van der Waals surface area contributed by atoms with E-state index >= 15 is 0 Å². The molecule has 0 aromatic rings. The zero-order valence-electron chi connectivity index (χ0n) is 7.65. The van der Waals surface area contributed by atoms with Crippen LogP contribution in [0.15, 0.2) is 0 Å². The summed E-state index contributed by atoms with van der Waals surface area (Å²) in [7, 11) is 0.383. The molecule has 0 spiro atoms. The third-order valence-corrected chi connectivity index (χ3v) is 5.64. The van der Waals surface area contributed by atoms with E-state index in [4.69, 9.17) is 0 Å². The number of hydrogen-bond donors (Lipinski definition) is 0. The molecular weight excluding hydrogens is 139 g/mol. The lowest BCUT2D eigenvalue weighted by molar-refractivity contribution is 0.383. The molecule has 1 heteroatoms. The third-order valence-electron chi connectivity index (χ3n) is 2.52. The van der Waals surface area contributed by atoms with Crippen LogP contribution in [0.25, 0.3) is 0 Å². The van der Waals surface area contributed by atoms with E-state index in [1.807, 2.05) is 0 Å². The first kappa shape index (κ1) is 8.53. The molecule has 1 rings (SSSR count). The van der Waals surface area contributed by atoms with Crippen molar-refractivity contribution in [1.29, 1.82) is 0 Å². The van der Waals surface area contributed by atoms with Crippen molar-refractivity contribution in [2.45, 2.75) is 39.3 Å². The topological polar surface area (TPSA) is 0 Å². The highest BCUT2D eigenvalue weighted by molar-refractivity contribution is 7.58. The Hall–Kier alpha value is 0.430. The minimum atomic E-state index is 0.383. The SMILES string of the molecule is CP1CCCC1C(C)(C)C. The van der Waals surface area contributed by atoms with Gasteiger partial charge in [0.25, 0.3) is 0 Å². The molecule has 0 radical (unpaired) electrons. The fraction of sp³-hybridized carbons (Fsp3) is 1.00. The Balaban J connectivity index is 2.55. The average Bonchev–Trinajstić information content (AvgIpc) is 2.11. The smallest absolute Gasteiger partial charge is 0.0163 e. The largest absolute Gasteiger partial charge is 0.106 e. The molecule has 1 aliphatic rings. The molecule has 60 valence electrons.